The molecule has 82 valence electrons. The highest BCUT2D eigenvalue weighted by Crippen LogP contribution is 2.21. The van der Waals surface area contributed by atoms with Gasteiger partial charge in [-0.15, -0.1) is 0 Å². The van der Waals surface area contributed by atoms with Crippen LogP contribution in [-0.4, -0.2) is 17.6 Å². The average molecular weight is 216 g/mol. The van der Waals surface area contributed by atoms with E-state index in [9.17, 15) is 9.59 Å². The van der Waals surface area contributed by atoms with Gasteiger partial charge in [0.15, 0.2) is 0 Å². The molecule has 1 N–H and O–H groups in total. The van der Waals surface area contributed by atoms with Crippen LogP contribution in [0, 0.1) is 5.41 Å². The highest BCUT2D eigenvalue weighted by Gasteiger charge is 2.40. The van der Waals surface area contributed by atoms with E-state index in [0.717, 1.165) is 5.56 Å². The Morgan fingerprint density at radius 1 is 1.12 bits per heavy atom. The Morgan fingerprint density at radius 2 is 1.75 bits per heavy atom. The van der Waals surface area contributed by atoms with Crippen LogP contribution in [0.4, 0.5) is 0 Å². The normalized spacial score (nSPS) is 19.0. The second kappa shape index (κ2) is 3.56. The summed E-state index contributed by atoms with van der Waals surface area (Å²) >= 11 is 0. The lowest BCUT2D eigenvalue weighted by atomic mass is 9.90. The van der Waals surface area contributed by atoms with Crippen molar-refractivity contribution in [2.75, 3.05) is 0 Å². The van der Waals surface area contributed by atoms with E-state index in [0.29, 0.717) is 5.84 Å². The van der Waals surface area contributed by atoms with E-state index >= 15 is 0 Å². The zero-order chi connectivity index (χ0) is 11.8. The smallest absolute Gasteiger partial charge is 0.262 e. The van der Waals surface area contributed by atoms with Crippen LogP contribution in [0.3, 0.4) is 0 Å². The molecule has 1 aromatic rings. The molecule has 0 aromatic heterocycles. The molecule has 0 radical (unpaired) electrons. The number of aliphatic imine (C=N–C) groups is 1. The maximum absolute atomic E-state index is 11.7. The first-order valence-corrected chi connectivity index (χ1v) is 5.02. The Balaban J connectivity index is 2.41. The second-order valence-corrected chi connectivity index (χ2v) is 4.21. The number of carbonyl (C=O) groups is 2. The molecule has 1 aromatic carbocycles. The van der Waals surface area contributed by atoms with Crippen LogP contribution >= 0.6 is 0 Å². The fraction of sp³-hybridized carbons (Fsp3) is 0.250. The third kappa shape index (κ3) is 1.62. The van der Waals surface area contributed by atoms with E-state index in [1.165, 1.54) is 0 Å². The van der Waals surface area contributed by atoms with Gasteiger partial charge in [0.25, 0.3) is 5.91 Å². The molecule has 0 unspecified atom stereocenters. The number of benzene rings is 1. The van der Waals surface area contributed by atoms with Crippen molar-refractivity contribution in [3.8, 4) is 0 Å². The molecular weight excluding hydrogens is 204 g/mol. The van der Waals surface area contributed by atoms with Crippen molar-refractivity contribution in [3.05, 3.63) is 35.9 Å². The minimum Gasteiger partial charge on any atom is -0.309 e. The fourth-order valence-electron chi connectivity index (χ4n) is 1.36. The lowest BCUT2D eigenvalue weighted by Crippen LogP contribution is -2.49. The van der Waals surface area contributed by atoms with Gasteiger partial charge in [0.2, 0.25) is 5.91 Å². The SMILES string of the molecule is CC1(C)C(=O)N=C(c2ccccc2)NC1=O. The molecule has 0 fully saturated rings. The Hall–Kier alpha value is -1.97. The molecule has 0 saturated heterocycles. The van der Waals surface area contributed by atoms with Crippen LogP contribution in [0.25, 0.3) is 0 Å². The first-order valence-electron chi connectivity index (χ1n) is 5.02. The van der Waals surface area contributed by atoms with Gasteiger partial charge < -0.3 is 5.32 Å². The number of amidine groups is 1. The maximum atomic E-state index is 11.7. The Bertz CT molecular complexity index is 475. The molecule has 0 aliphatic carbocycles. The standard InChI is InChI=1S/C12H12N2O2/c1-12(2)10(15)13-9(14-11(12)16)8-6-4-3-5-7-8/h3-7H,1-2H3,(H,13,14,15,16). The minimum absolute atomic E-state index is 0.314. The first kappa shape index (κ1) is 10.5. The van der Waals surface area contributed by atoms with Crippen molar-refractivity contribution < 1.29 is 9.59 Å². The van der Waals surface area contributed by atoms with Gasteiger partial charge in [0.1, 0.15) is 11.3 Å². The molecule has 0 saturated carbocycles. The van der Waals surface area contributed by atoms with Crippen molar-refractivity contribution in [1.82, 2.24) is 5.32 Å². The number of nitrogens with one attached hydrogen (secondary N) is 1. The Kier molecular flexibility index (Phi) is 2.34. The molecule has 2 amide bonds. The van der Waals surface area contributed by atoms with Crippen LogP contribution in [0.15, 0.2) is 35.3 Å². The van der Waals surface area contributed by atoms with Crippen molar-refractivity contribution >= 4 is 17.6 Å². The molecule has 2 rings (SSSR count). The summed E-state index contributed by atoms with van der Waals surface area (Å²) in [6.07, 6.45) is 0. The molecule has 1 aliphatic heterocycles. The summed E-state index contributed by atoms with van der Waals surface area (Å²) in [6.45, 7) is 3.13. The van der Waals surface area contributed by atoms with E-state index < -0.39 is 11.3 Å². The van der Waals surface area contributed by atoms with Crippen LogP contribution in [0.1, 0.15) is 19.4 Å². The molecule has 0 atom stereocenters. The minimum atomic E-state index is -1.07. The molecule has 4 nitrogen and oxygen atoms in total. The highest BCUT2D eigenvalue weighted by molar-refractivity contribution is 6.22. The molecule has 16 heavy (non-hydrogen) atoms. The quantitative estimate of drug-likeness (QED) is 0.715. The Labute approximate surface area is 93.4 Å². The number of carbonyl (C=O) groups excluding carboxylic acids is 2. The fourth-order valence-corrected chi connectivity index (χ4v) is 1.36. The van der Waals surface area contributed by atoms with Gasteiger partial charge in [-0.3, -0.25) is 9.59 Å². The summed E-state index contributed by atoms with van der Waals surface area (Å²) in [5.41, 5.74) is -0.335. The summed E-state index contributed by atoms with van der Waals surface area (Å²) in [7, 11) is 0. The summed E-state index contributed by atoms with van der Waals surface area (Å²) in [4.78, 5) is 27.3. The third-order valence-corrected chi connectivity index (χ3v) is 2.59. The first-order chi connectivity index (χ1) is 7.51. The van der Waals surface area contributed by atoms with Crippen LogP contribution in [0.2, 0.25) is 0 Å². The predicted molar refractivity (Wildman–Crippen MR) is 59.9 cm³/mol. The molecule has 0 bridgehead atoms. The van der Waals surface area contributed by atoms with E-state index in [1.54, 1.807) is 26.0 Å². The van der Waals surface area contributed by atoms with E-state index in [2.05, 4.69) is 10.3 Å². The largest absolute Gasteiger partial charge is 0.309 e. The van der Waals surface area contributed by atoms with Gasteiger partial charge in [-0.25, -0.2) is 0 Å². The van der Waals surface area contributed by atoms with E-state index in [4.69, 9.17) is 0 Å². The van der Waals surface area contributed by atoms with E-state index in [-0.39, 0.29) is 5.91 Å². The Morgan fingerprint density at radius 3 is 2.31 bits per heavy atom. The van der Waals surface area contributed by atoms with Gasteiger partial charge in [-0.2, -0.15) is 4.99 Å². The third-order valence-electron chi connectivity index (χ3n) is 2.59. The number of rotatable bonds is 1. The van der Waals surface area contributed by atoms with E-state index in [1.807, 2.05) is 18.2 Å². The lowest BCUT2D eigenvalue weighted by Gasteiger charge is -2.25. The molecular formula is C12H12N2O2. The van der Waals surface area contributed by atoms with Crippen LogP contribution < -0.4 is 5.32 Å². The van der Waals surface area contributed by atoms with Gasteiger partial charge in [0, 0.05) is 5.56 Å². The molecule has 4 heteroatoms. The average Bonchev–Trinajstić information content (AvgIpc) is 2.27. The lowest BCUT2D eigenvalue weighted by molar-refractivity contribution is -0.139. The topological polar surface area (TPSA) is 58.5 Å². The van der Waals surface area contributed by atoms with Crippen LogP contribution in [0.5, 0.6) is 0 Å². The van der Waals surface area contributed by atoms with Gasteiger partial charge in [-0.05, 0) is 13.8 Å². The van der Waals surface area contributed by atoms with Crippen LogP contribution in [-0.2, 0) is 9.59 Å². The molecule has 1 aliphatic rings. The number of nitrogens with zero attached hydrogens (tertiary/aromatic N) is 1. The zero-order valence-electron chi connectivity index (χ0n) is 9.15. The summed E-state index contributed by atoms with van der Waals surface area (Å²) in [6, 6.07) is 9.11. The van der Waals surface area contributed by atoms with Crippen molar-refractivity contribution in [2.45, 2.75) is 13.8 Å². The summed E-state index contributed by atoms with van der Waals surface area (Å²) in [5, 5.41) is 2.64. The maximum Gasteiger partial charge on any atom is 0.262 e. The molecule has 1 heterocycles. The zero-order valence-corrected chi connectivity index (χ0v) is 9.15. The number of hydrogen-bond acceptors (Lipinski definition) is 2. The summed E-state index contributed by atoms with van der Waals surface area (Å²) < 4.78 is 0. The number of hydrogen-bond donors (Lipinski definition) is 1. The monoisotopic (exact) mass is 216 g/mol. The summed E-state index contributed by atoms with van der Waals surface area (Å²) in [5.74, 6) is -0.392. The van der Waals surface area contributed by atoms with Crippen molar-refractivity contribution in [2.24, 2.45) is 10.4 Å². The predicted octanol–water partition coefficient (Wildman–Crippen LogP) is 1.12. The molecule has 0 spiro atoms. The second-order valence-electron chi connectivity index (χ2n) is 4.21. The van der Waals surface area contributed by atoms with Crippen molar-refractivity contribution in [1.29, 1.82) is 0 Å². The van der Waals surface area contributed by atoms with Gasteiger partial charge in [0.05, 0.1) is 0 Å². The van der Waals surface area contributed by atoms with Crippen molar-refractivity contribution in [3.63, 3.8) is 0 Å². The highest BCUT2D eigenvalue weighted by atomic mass is 16.2. The van der Waals surface area contributed by atoms with Gasteiger partial charge in [-0.1, -0.05) is 30.3 Å². The number of amides is 2. The van der Waals surface area contributed by atoms with Gasteiger partial charge >= 0.3 is 0 Å².